The number of aromatic nitrogens is 4. The maximum Gasteiger partial charge on any atom is 0.132 e. The van der Waals surface area contributed by atoms with Crippen molar-refractivity contribution >= 4 is 15.9 Å². The highest BCUT2D eigenvalue weighted by atomic mass is 79.9. The lowest BCUT2D eigenvalue weighted by atomic mass is 10.2. The molecule has 0 bridgehead atoms. The Morgan fingerprint density at radius 1 is 1.05 bits per heavy atom. The number of hydrogen-bond donors (Lipinski definition) is 0. The van der Waals surface area contributed by atoms with Gasteiger partial charge in [-0.15, -0.1) is 0 Å². The highest BCUT2D eigenvalue weighted by Crippen LogP contribution is 2.24. The van der Waals surface area contributed by atoms with Gasteiger partial charge in [0.25, 0.3) is 0 Å². The Balaban J connectivity index is 2.12. The number of rotatable bonds is 3. The van der Waals surface area contributed by atoms with Crippen LogP contribution in [-0.4, -0.2) is 19.7 Å². The van der Waals surface area contributed by atoms with Gasteiger partial charge in [0.15, 0.2) is 0 Å². The summed E-state index contributed by atoms with van der Waals surface area (Å²) in [5, 5.41) is 4.41. The lowest BCUT2D eigenvalue weighted by molar-refractivity contribution is 0.768. The van der Waals surface area contributed by atoms with E-state index in [9.17, 15) is 0 Å². The molecule has 4 nitrogen and oxygen atoms in total. The van der Waals surface area contributed by atoms with Crippen LogP contribution in [0.5, 0.6) is 0 Å². The highest BCUT2D eigenvalue weighted by molar-refractivity contribution is 9.10. The van der Waals surface area contributed by atoms with E-state index in [0.717, 1.165) is 27.5 Å². The first-order valence-electron chi connectivity index (χ1n) is 6.79. The van der Waals surface area contributed by atoms with Gasteiger partial charge in [0.1, 0.15) is 10.4 Å². The summed E-state index contributed by atoms with van der Waals surface area (Å²) < 4.78 is 2.68. The molecule has 2 aromatic heterocycles. The smallest absolute Gasteiger partial charge is 0.132 e. The van der Waals surface area contributed by atoms with Crippen LogP contribution in [0.25, 0.3) is 17.1 Å². The minimum absolute atomic E-state index is 0.273. The number of para-hydroxylation sites is 1. The van der Waals surface area contributed by atoms with Gasteiger partial charge in [-0.25, -0.2) is 14.6 Å². The van der Waals surface area contributed by atoms with Gasteiger partial charge in [-0.05, 0) is 40.2 Å². The van der Waals surface area contributed by atoms with Crippen molar-refractivity contribution in [3.63, 3.8) is 0 Å². The zero-order valence-electron chi connectivity index (χ0n) is 11.9. The van der Waals surface area contributed by atoms with E-state index in [0.29, 0.717) is 0 Å². The van der Waals surface area contributed by atoms with E-state index in [4.69, 9.17) is 0 Å². The quantitative estimate of drug-likeness (QED) is 0.669. The third-order valence-electron chi connectivity index (χ3n) is 3.13. The van der Waals surface area contributed by atoms with Crippen LogP contribution in [0, 0.1) is 0 Å². The molecule has 0 aliphatic rings. The van der Waals surface area contributed by atoms with Crippen molar-refractivity contribution in [3.05, 3.63) is 59.1 Å². The van der Waals surface area contributed by atoms with Crippen LogP contribution in [0.1, 0.15) is 25.6 Å². The van der Waals surface area contributed by atoms with E-state index in [2.05, 4.69) is 44.8 Å². The van der Waals surface area contributed by atoms with Crippen LogP contribution in [0.3, 0.4) is 0 Å². The molecule has 0 N–H and O–H groups in total. The number of benzene rings is 1. The van der Waals surface area contributed by atoms with Crippen molar-refractivity contribution in [1.82, 2.24) is 19.7 Å². The molecule has 0 aliphatic heterocycles. The van der Waals surface area contributed by atoms with Crippen molar-refractivity contribution in [2.45, 2.75) is 19.8 Å². The summed E-state index contributed by atoms with van der Waals surface area (Å²) in [6, 6.07) is 13.9. The second kappa shape index (κ2) is 5.77. The first-order valence-corrected chi connectivity index (χ1v) is 7.59. The largest absolute Gasteiger partial charge is 0.232 e. The molecule has 1 aromatic carbocycles. The van der Waals surface area contributed by atoms with Gasteiger partial charge in [-0.2, -0.15) is 5.10 Å². The van der Waals surface area contributed by atoms with E-state index in [1.165, 1.54) is 0 Å². The molecule has 106 valence electrons. The third-order valence-corrected chi connectivity index (χ3v) is 3.54. The van der Waals surface area contributed by atoms with Crippen LogP contribution >= 0.6 is 15.9 Å². The normalized spacial score (nSPS) is 11.0. The Morgan fingerprint density at radius 3 is 2.52 bits per heavy atom. The number of halogens is 1. The van der Waals surface area contributed by atoms with Gasteiger partial charge in [-0.3, -0.25) is 0 Å². The summed E-state index contributed by atoms with van der Waals surface area (Å²) in [6.07, 6.45) is 1.79. The van der Waals surface area contributed by atoms with Gasteiger partial charge >= 0.3 is 0 Å². The number of nitrogens with zero attached hydrogens (tertiary/aromatic N) is 4. The predicted molar refractivity (Wildman–Crippen MR) is 86.4 cm³/mol. The van der Waals surface area contributed by atoms with Crippen LogP contribution in [0.4, 0.5) is 0 Å². The monoisotopic (exact) mass is 342 g/mol. The standard InChI is InChI=1S/C16H15BrN4/c1-11(2)16-19-13(10-15(17)20-16)14-8-9-18-21(14)12-6-4-3-5-7-12/h3-11H,1-2H3. The fraction of sp³-hybridized carbons (Fsp3) is 0.188. The third kappa shape index (κ3) is 2.88. The molecule has 0 saturated heterocycles. The maximum atomic E-state index is 4.66. The Kier molecular flexibility index (Phi) is 3.84. The average molecular weight is 343 g/mol. The van der Waals surface area contributed by atoms with Crippen LogP contribution < -0.4 is 0 Å². The first kappa shape index (κ1) is 13.9. The molecule has 2 heterocycles. The molecule has 5 heteroatoms. The van der Waals surface area contributed by atoms with E-state index >= 15 is 0 Å². The summed E-state index contributed by atoms with van der Waals surface area (Å²) >= 11 is 3.47. The number of hydrogen-bond acceptors (Lipinski definition) is 3. The molecular formula is C16H15BrN4. The predicted octanol–water partition coefficient (Wildman–Crippen LogP) is 4.22. The average Bonchev–Trinajstić information content (AvgIpc) is 2.97. The van der Waals surface area contributed by atoms with Gasteiger partial charge < -0.3 is 0 Å². The molecule has 0 radical (unpaired) electrons. The van der Waals surface area contributed by atoms with Crippen LogP contribution in [-0.2, 0) is 0 Å². The Hall–Kier alpha value is -2.01. The van der Waals surface area contributed by atoms with E-state index in [1.54, 1.807) is 6.20 Å². The fourth-order valence-electron chi connectivity index (χ4n) is 2.10. The molecule has 0 saturated carbocycles. The van der Waals surface area contributed by atoms with Crippen molar-refractivity contribution in [2.24, 2.45) is 0 Å². The van der Waals surface area contributed by atoms with Crippen LogP contribution in [0.2, 0.25) is 0 Å². The van der Waals surface area contributed by atoms with Crippen molar-refractivity contribution in [2.75, 3.05) is 0 Å². The second-order valence-electron chi connectivity index (χ2n) is 5.05. The molecule has 21 heavy (non-hydrogen) atoms. The topological polar surface area (TPSA) is 43.6 Å². The van der Waals surface area contributed by atoms with Crippen molar-refractivity contribution in [3.8, 4) is 17.1 Å². The molecule has 3 aromatic rings. The van der Waals surface area contributed by atoms with Gasteiger partial charge in [0, 0.05) is 5.92 Å². The highest BCUT2D eigenvalue weighted by Gasteiger charge is 2.12. The fourth-order valence-corrected chi connectivity index (χ4v) is 2.50. The molecule has 0 amide bonds. The van der Waals surface area contributed by atoms with Gasteiger partial charge in [-0.1, -0.05) is 32.0 Å². The maximum absolute atomic E-state index is 4.66. The summed E-state index contributed by atoms with van der Waals surface area (Å²) in [4.78, 5) is 9.08. The zero-order chi connectivity index (χ0) is 14.8. The molecule has 0 unspecified atom stereocenters. The summed E-state index contributed by atoms with van der Waals surface area (Å²) in [6.45, 7) is 4.17. The molecule has 3 rings (SSSR count). The van der Waals surface area contributed by atoms with Crippen molar-refractivity contribution in [1.29, 1.82) is 0 Å². The lowest BCUT2D eigenvalue weighted by Crippen LogP contribution is -2.03. The Morgan fingerprint density at radius 2 is 1.81 bits per heavy atom. The molecule has 0 fully saturated rings. The minimum Gasteiger partial charge on any atom is -0.232 e. The minimum atomic E-state index is 0.273. The van der Waals surface area contributed by atoms with Gasteiger partial charge in [0.2, 0.25) is 0 Å². The summed E-state index contributed by atoms with van der Waals surface area (Å²) in [7, 11) is 0. The van der Waals surface area contributed by atoms with Crippen LogP contribution in [0.15, 0.2) is 53.3 Å². The zero-order valence-corrected chi connectivity index (χ0v) is 13.4. The second-order valence-corrected chi connectivity index (χ2v) is 5.87. The molecule has 0 aliphatic carbocycles. The first-order chi connectivity index (χ1) is 10.1. The Bertz CT molecular complexity index is 750. The molecule has 0 spiro atoms. The Labute approximate surface area is 132 Å². The van der Waals surface area contributed by atoms with E-state index < -0.39 is 0 Å². The van der Waals surface area contributed by atoms with E-state index in [-0.39, 0.29) is 5.92 Å². The molecular weight excluding hydrogens is 328 g/mol. The summed E-state index contributed by atoms with van der Waals surface area (Å²) in [5.41, 5.74) is 2.83. The molecule has 0 atom stereocenters. The van der Waals surface area contributed by atoms with Crippen molar-refractivity contribution < 1.29 is 0 Å². The van der Waals surface area contributed by atoms with Gasteiger partial charge in [0.05, 0.1) is 23.3 Å². The SMILES string of the molecule is CC(C)c1nc(Br)cc(-c2ccnn2-c2ccccc2)n1. The lowest BCUT2D eigenvalue weighted by Gasteiger charge is -2.10. The summed E-state index contributed by atoms with van der Waals surface area (Å²) in [5.74, 6) is 1.09. The van der Waals surface area contributed by atoms with E-state index in [1.807, 2.05) is 47.1 Å².